The van der Waals surface area contributed by atoms with Gasteiger partial charge in [-0.2, -0.15) is 0 Å². The molecule has 3 nitrogen and oxygen atoms in total. The van der Waals surface area contributed by atoms with Gasteiger partial charge in [0.1, 0.15) is 5.01 Å². The molecule has 0 aliphatic carbocycles. The highest BCUT2D eigenvalue weighted by Gasteiger charge is 2.19. The average Bonchev–Trinajstić information content (AvgIpc) is 3.31. The van der Waals surface area contributed by atoms with E-state index < -0.39 is 0 Å². The Labute approximate surface area is 165 Å². The van der Waals surface area contributed by atoms with Crippen LogP contribution in [0.15, 0.2) is 53.9 Å². The van der Waals surface area contributed by atoms with Crippen molar-refractivity contribution < 1.29 is 4.79 Å². The summed E-state index contributed by atoms with van der Waals surface area (Å²) in [6.07, 6.45) is 3.41. The Morgan fingerprint density at radius 3 is 2.73 bits per heavy atom. The van der Waals surface area contributed by atoms with Crippen LogP contribution in [0, 0.1) is 0 Å². The summed E-state index contributed by atoms with van der Waals surface area (Å²) in [4.78, 5) is 20.2. The van der Waals surface area contributed by atoms with Gasteiger partial charge in [0.25, 0.3) is 0 Å². The molecule has 1 aliphatic rings. The zero-order valence-corrected chi connectivity index (χ0v) is 16.4. The Morgan fingerprint density at radius 2 is 2.04 bits per heavy atom. The minimum absolute atomic E-state index is 0.134. The van der Waals surface area contributed by atoms with Gasteiger partial charge in [-0.25, -0.2) is 4.98 Å². The molecule has 26 heavy (non-hydrogen) atoms. The third kappa shape index (κ3) is 3.90. The Bertz CT molecular complexity index is 946. The highest BCUT2D eigenvalue weighted by atomic mass is 35.5. The summed E-state index contributed by atoms with van der Waals surface area (Å²) in [6.45, 7) is 1.43. The zero-order chi connectivity index (χ0) is 17.9. The molecule has 3 aromatic rings. The largest absolute Gasteiger partial charge is 0.338 e. The predicted octanol–water partition coefficient (Wildman–Crippen LogP) is 5.38. The van der Waals surface area contributed by atoms with Crippen molar-refractivity contribution in [1.29, 1.82) is 0 Å². The number of halogens is 1. The first-order valence-electron chi connectivity index (χ1n) is 8.41. The van der Waals surface area contributed by atoms with Crippen molar-refractivity contribution in [2.75, 3.05) is 13.1 Å². The van der Waals surface area contributed by atoms with Crippen LogP contribution in [0.3, 0.4) is 0 Å². The number of thiophene rings is 1. The quantitative estimate of drug-likeness (QED) is 0.588. The second kappa shape index (κ2) is 7.74. The van der Waals surface area contributed by atoms with Gasteiger partial charge in [0.2, 0.25) is 5.91 Å². The summed E-state index contributed by atoms with van der Waals surface area (Å²) in [5.74, 6) is 0.134. The van der Waals surface area contributed by atoms with Crippen LogP contribution in [0.5, 0.6) is 0 Å². The molecule has 1 amide bonds. The number of hydrogen-bond acceptors (Lipinski definition) is 4. The summed E-state index contributed by atoms with van der Waals surface area (Å²) in [5.41, 5.74) is 3.40. The van der Waals surface area contributed by atoms with Crippen LogP contribution in [0.1, 0.15) is 17.7 Å². The van der Waals surface area contributed by atoms with E-state index in [2.05, 4.69) is 23.2 Å². The van der Waals surface area contributed by atoms with E-state index in [1.165, 1.54) is 22.5 Å². The number of thiazole rings is 1. The molecule has 0 atom stereocenters. The molecule has 1 aromatic carbocycles. The molecule has 0 saturated heterocycles. The maximum atomic E-state index is 12.6. The van der Waals surface area contributed by atoms with Gasteiger partial charge in [0.15, 0.2) is 0 Å². The first-order chi connectivity index (χ1) is 12.7. The fraction of sp³-hybridized carbons (Fsp3) is 0.200. The molecule has 132 valence electrons. The van der Waals surface area contributed by atoms with Gasteiger partial charge < -0.3 is 4.90 Å². The Hall–Kier alpha value is -1.95. The van der Waals surface area contributed by atoms with E-state index in [-0.39, 0.29) is 5.91 Å². The summed E-state index contributed by atoms with van der Waals surface area (Å²) >= 11 is 9.06. The summed E-state index contributed by atoms with van der Waals surface area (Å²) in [5, 5.41) is 2.89. The van der Waals surface area contributed by atoms with Crippen molar-refractivity contribution in [2.45, 2.75) is 12.8 Å². The lowest BCUT2D eigenvalue weighted by Crippen LogP contribution is -2.35. The number of amides is 1. The molecule has 0 N–H and O–H groups in total. The Balaban J connectivity index is 1.39. The van der Waals surface area contributed by atoms with Crippen LogP contribution in [0.4, 0.5) is 0 Å². The van der Waals surface area contributed by atoms with Gasteiger partial charge in [0, 0.05) is 18.5 Å². The minimum Gasteiger partial charge on any atom is -0.338 e. The molecule has 6 heteroatoms. The molecule has 0 unspecified atom stereocenters. The first kappa shape index (κ1) is 17.5. The number of benzene rings is 1. The number of rotatable bonds is 4. The monoisotopic (exact) mass is 400 g/mol. The van der Waals surface area contributed by atoms with Crippen molar-refractivity contribution in [3.63, 3.8) is 0 Å². The molecule has 2 aromatic heterocycles. The average molecular weight is 401 g/mol. The summed E-state index contributed by atoms with van der Waals surface area (Å²) in [7, 11) is 0. The minimum atomic E-state index is 0.134. The molecule has 0 spiro atoms. The van der Waals surface area contributed by atoms with E-state index in [0.29, 0.717) is 13.0 Å². The highest BCUT2D eigenvalue weighted by molar-refractivity contribution is 7.23. The van der Waals surface area contributed by atoms with E-state index in [9.17, 15) is 4.79 Å². The fourth-order valence-corrected chi connectivity index (χ4v) is 4.94. The van der Waals surface area contributed by atoms with E-state index in [0.717, 1.165) is 32.9 Å². The van der Waals surface area contributed by atoms with Gasteiger partial charge >= 0.3 is 0 Å². The van der Waals surface area contributed by atoms with Crippen molar-refractivity contribution >= 4 is 45.8 Å². The van der Waals surface area contributed by atoms with Crippen LogP contribution < -0.4 is 0 Å². The molecule has 3 heterocycles. The maximum absolute atomic E-state index is 12.6. The van der Waals surface area contributed by atoms with Crippen LogP contribution in [-0.4, -0.2) is 28.9 Å². The topological polar surface area (TPSA) is 33.2 Å². The van der Waals surface area contributed by atoms with E-state index in [1.807, 2.05) is 40.6 Å². The summed E-state index contributed by atoms with van der Waals surface area (Å²) < 4.78 is 0.752. The number of hydrogen-bond donors (Lipinski definition) is 0. The lowest BCUT2D eigenvalue weighted by atomic mass is 9.99. The van der Waals surface area contributed by atoms with Crippen molar-refractivity contribution in [2.24, 2.45) is 0 Å². The van der Waals surface area contributed by atoms with Crippen LogP contribution >= 0.6 is 34.3 Å². The molecule has 0 saturated carbocycles. The van der Waals surface area contributed by atoms with Gasteiger partial charge in [-0.3, -0.25) is 4.79 Å². The second-order valence-corrected chi connectivity index (χ2v) is 8.68. The van der Waals surface area contributed by atoms with Crippen LogP contribution in [0.25, 0.3) is 15.5 Å². The fourth-order valence-electron chi connectivity index (χ4n) is 3.01. The van der Waals surface area contributed by atoms with E-state index in [1.54, 1.807) is 11.3 Å². The number of carbonyl (C=O) groups excluding carboxylic acids is 1. The molecular formula is C20H17ClN2OS2. The van der Waals surface area contributed by atoms with Gasteiger partial charge in [-0.05, 0) is 29.7 Å². The molecule has 0 fully saturated rings. The Morgan fingerprint density at radius 1 is 1.19 bits per heavy atom. The van der Waals surface area contributed by atoms with Crippen LogP contribution in [-0.2, 0) is 11.2 Å². The van der Waals surface area contributed by atoms with Crippen LogP contribution in [0.2, 0.25) is 4.34 Å². The third-order valence-electron chi connectivity index (χ3n) is 4.37. The molecule has 0 bridgehead atoms. The lowest BCUT2D eigenvalue weighted by molar-refractivity contribution is -0.130. The highest BCUT2D eigenvalue weighted by Crippen LogP contribution is 2.33. The van der Waals surface area contributed by atoms with Crippen molar-refractivity contribution in [1.82, 2.24) is 9.88 Å². The summed E-state index contributed by atoms with van der Waals surface area (Å²) in [6, 6.07) is 14.2. The van der Waals surface area contributed by atoms with E-state index in [4.69, 9.17) is 11.6 Å². The predicted molar refractivity (Wildman–Crippen MR) is 110 cm³/mol. The Kier molecular flexibility index (Phi) is 5.20. The van der Waals surface area contributed by atoms with Crippen molar-refractivity contribution in [3.05, 3.63) is 69.5 Å². The number of nitrogens with zero attached hydrogens (tertiary/aromatic N) is 2. The smallest absolute Gasteiger partial charge is 0.228 e. The molecule has 1 aliphatic heterocycles. The molecular weight excluding hydrogens is 384 g/mol. The van der Waals surface area contributed by atoms with E-state index >= 15 is 0 Å². The third-order valence-corrected chi connectivity index (χ3v) is 6.67. The van der Waals surface area contributed by atoms with Gasteiger partial charge in [-0.1, -0.05) is 48.0 Å². The maximum Gasteiger partial charge on any atom is 0.228 e. The standard InChI is InChI=1S/C20H17ClN2OS2/c21-18-7-6-17(26-18)20-22-16(13-25-20)12-19(24)23-10-8-15(9-11-23)14-4-2-1-3-5-14/h1-8,13H,9-12H2. The second-order valence-electron chi connectivity index (χ2n) is 6.11. The first-order valence-corrected chi connectivity index (χ1v) is 10.5. The SMILES string of the molecule is O=C(Cc1csc(-c2ccc(Cl)s2)n1)N1CC=C(c2ccccc2)CC1. The molecule has 0 radical (unpaired) electrons. The van der Waals surface area contributed by atoms with Gasteiger partial charge in [0.05, 0.1) is 21.3 Å². The molecule has 4 rings (SSSR count). The zero-order valence-electron chi connectivity index (χ0n) is 14.0. The normalized spacial score (nSPS) is 14.3. The lowest BCUT2D eigenvalue weighted by Gasteiger charge is -2.26. The van der Waals surface area contributed by atoms with Crippen molar-refractivity contribution in [3.8, 4) is 9.88 Å². The van der Waals surface area contributed by atoms with Gasteiger partial charge in [-0.15, -0.1) is 22.7 Å². The number of aromatic nitrogens is 1. The number of carbonyl (C=O) groups is 1.